The van der Waals surface area contributed by atoms with Gasteiger partial charge in [0.15, 0.2) is 0 Å². The summed E-state index contributed by atoms with van der Waals surface area (Å²) in [4.78, 5) is 4.92. The van der Waals surface area contributed by atoms with E-state index in [2.05, 4.69) is 204 Å². The Labute approximate surface area is 292 Å². The number of hydrogen-bond acceptors (Lipinski definition) is 2. The number of fused-ring (bicyclic) bond motifs is 8. The van der Waals surface area contributed by atoms with Gasteiger partial charge in [-0.2, -0.15) is 0 Å². The average molecular weight is 639 g/mol. The van der Waals surface area contributed by atoms with Crippen LogP contribution in [0, 0.1) is 0 Å². The topological polar surface area (TPSA) is 6.48 Å². The first-order valence-corrected chi connectivity index (χ1v) is 17.4. The summed E-state index contributed by atoms with van der Waals surface area (Å²) in [6.45, 7) is 0. The van der Waals surface area contributed by atoms with Crippen molar-refractivity contribution >= 4 is 60.8 Å². The predicted molar refractivity (Wildman–Crippen MR) is 212 cm³/mol. The molecule has 0 saturated carbocycles. The van der Waals surface area contributed by atoms with Gasteiger partial charge < -0.3 is 9.80 Å². The van der Waals surface area contributed by atoms with Gasteiger partial charge in [0.1, 0.15) is 0 Å². The highest BCUT2D eigenvalue weighted by atomic mass is 15.2. The van der Waals surface area contributed by atoms with Gasteiger partial charge in [0, 0.05) is 34.2 Å². The Kier molecular flexibility index (Phi) is 6.67. The minimum Gasteiger partial charge on any atom is -0.333 e. The van der Waals surface area contributed by atoms with Gasteiger partial charge in [-0.1, -0.05) is 146 Å². The maximum Gasteiger partial charge on any atom is 0.0629 e. The van der Waals surface area contributed by atoms with Gasteiger partial charge in [0.25, 0.3) is 0 Å². The molecule has 0 radical (unpaired) electrons. The van der Waals surface area contributed by atoms with E-state index in [0.29, 0.717) is 5.92 Å². The predicted octanol–water partition coefficient (Wildman–Crippen LogP) is 13.0. The lowest BCUT2D eigenvalue weighted by Gasteiger charge is -2.31. The highest BCUT2D eigenvalue weighted by molar-refractivity contribution is 6.18. The molecular formula is C48H34N2. The summed E-state index contributed by atoms with van der Waals surface area (Å²) in [6.07, 6.45) is 9.04. The van der Waals surface area contributed by atoms with Gasteiger partial charge in [-0.15, -0.1) is 0 Å². The summed E-state index contributed by atoms with van der Waals surface area (Å²) in [5, 5.41) is 7.59. The molecule has 8 aromatic rings. The van der Waals surface area contributed by atoms with Crippen LogP contribution in [0.15, 0.2) is 194 Å². The third kappa shape index (κ3) is 4.57. The minimum atomic E-state index is 0.267. The maximum absolute atomic E-state index is 2.50. The van der Waals surface area contributed by atoms with Crippen LogP contribution in [0.1, 0.15) is 11.5 Å². The first-order valence-electron chi connectivity index (χ1n) is 17.4. The molecule has 0 N–H and O–H groups in total. The Morgan fingerprint density at radius 2 is 1.12 bits per heavy atom. The quantitative estimate of drug-likeness (QED) is 0.173. The molecule has 50 heavy (non-hydrogen) atoms. The zero-order chi connectivity index (χ0) is 33.0. The summed E-state index contributed by atoms with van der Waals surface area (Å²) < 4.78 is 0. The van der Waals surface area contributed by atoms with Crippen LogP contribution in [0.2, 0.25) is 0 Å². The number of nitrogens with zero attached hydrogens (tertiary/aromatic N) is 2. The molecule has 1 aliphatic heterocycles. The molecule has 2 atom stereocenters. The summed E-state index contributed by atoms with van der Waals surface area (Å²) in [6, 6.07) is 62.5. The minimum absolute atomic E-state index is 0.267. The van der Waals surface area contributed by atoms with Crippen molar-refractivity contribution in [3.63, 3.8) is 0 Å². The highest BCUT2D eigenvalue weighted by Crippen LogP contribution is 2.49. The molecule has 2 heteroatoms. The molecule has 2 aliphatic rings. The molecule has 0 amide bonds. The molecule has 236 valence electrons. The molecule has 0 spiro atoms. The average Bonchev–Trinajstić information content (AvgIpc) is 3.53. The van der Waals surface area contributed by atoms with E-state index >= 15 is 0 Å². The summed E-state index contributed by atoms with van der Waals surface area (Å²) in [5.74, 6) is 0.356. The van der Waals surface area contributed by atoms with Gasteiger partial charge in [0.2, 0.25) is 0 Å². The van der Waals surface area contributed by atoms with Crippen LogP contribution < -0.4 is 9.80 Å². The summed E-state index contributed by atoms with van der Waals surface area (Å²) in [5.41, 5.74) is 9.63. The van der Waals surface area contributed by atoms with Crippen molar-refractivity contribution < 1.29 is 0 Å². The molecule has 1 aliphatic carbocycles. The van der Waals surface area contributed by atoms with Crippen molar-refractivity contribution in [1.29, 1.82) is 0 Å². The van der Waals surface area contributed by atoms with Gasteiger partial charge in [-0.3, -0.25) is 0 Å². The third-order valence-corrected chi connectivity index (χ3v) is 10.6. The van der Waals surface area contributed by atoms with Crippen LogP contribution >= 0.6 is 0 Å². The molecule has 0 bridgehead atoms. The van der Waals surface area contributed by atoms with Gasteiger partial charge in [0.05, 0.1) is 11.7 Å². The number of benzene rings is 8. The lowest BCUT2D eigenvalue weighted by Crippen LogP contribution is -2.28. The Morgan fingerprint density at radius 3 is 2.00 bits per heavy atom. The van der Waals surface area contributed by atoms with Crippen molar-refractivity contribution in [3.8, 4) is 11.1 Å². The summed E-state index contributed by atoms with van der Waals surface area (Å²) in [7, 11) is 0. The lowest BCUT2D eigenvalue weighted by molar-refractivity contribution is 0.745. The van der Waals surface area contributed by atoms with Crippen LogP contribution in [0.4, 0.5) is 28.4 Å². The maximum atomic E-state index is 2.50. The fourth-order valence-electron chi connectivity index (χ4n) is 8.26. The van der Waals surface area contributed by atoms with Crippen LogP contribution in [-0.4, -0.2) is 6.04 Å². The molecule has 0 aromatic heterocycles. The van der Waals surface area contributed by atoms with Crippen LogP contribution in [-0.2, 0) is 0 Å². The second kappa shape index (κ2) is 11.6. The van der Waals surface area contributed by atoms with E-state index in [-0.39, 0.29) is 6.04 Å². The highest BCUT2D eigenvalue weighted by Gasteiger charge is 2.37. The number of anilines is 5. The Bertz CT molecular complexity index is 2620. The second-order valence-electron chi connectivity index (χ2n) is 13.3. The molecule has 0 fully saturated rings. The number of rotatable bonds is 5. The van der Waals surface area contributed by atoms with E-state index in [9.17, 15) is 0 Å². The normalized spacial score (nSPS) is 16.2. The first kappa shape index (κ1) is 28.6. The van der Waals surface area contributed by atoms with Gasteiger partial charge >= 0.3 is 0 Å². The first-order chi connectivity index (χ1) is 24.8. The molecule has 1 heterocycles. The zero-order valence-electron chi connectivity index (χ0n) is 27.5. The second-order valence-corrected chi connectivity index (χ2v) is 13.3. The van der Waals surface area contributed by atoms with E-state index in [0.717, 1.165) is 17.1 Å². The van der Waals surface area contributed by atoms with Crippen LogP contribution in [0.25, 0.3) is 43.4 Å². The Balaban J connectivity index is 1.15. The summed E-state index contributed by atoms with van der Waals surface area (Å²) >= 11 is 0. The number of para-hydroxylation sites is 2. The molecule has 2 unspecified atom stereocenters. The number of hydrogen-bond donors (Lipinski definition) is 0. The van der Waals surface area contributed by atoms with E-state index in [1.54, 1.807) is 0 Å². The molecule has 8 aromatic carbocycles. The fourth-order valence-corrected chi connectivity index (χ4v) is 8.26. The smallest absolute Gasteiger partial charge is 0.0629 e. The molecule has 10 rings (SSSR count). The van der Waals surface area contributed by atoms with Crippen LogP contribution in [0.3, 0.4) is 0 Å². The Morgan fingerprint density at radius 1 is 0.460 bits per heavy atom. The number of allylic oxidation sites excluding steroid dienone is 2. The lowest BCUT2D eigenvalue weighted by atomic mass is 9.91. The standard InChI is InChI=1S/C48H34N2/c1-2-12-33(13-3-1)40-16-6-9-19-46(40)49(38-25-22-35-24-30-41-39-15-5-4-14-34(39)23-31-42(41)45(35)32-38)36-26-28-37(29-27-36)50-47-20-10-7-17-43(47)44-18-8-11-21-48(44)50/h1-32,43,47H. The van der Waals surface area contributed by atoms with Crippen molar-refractivity contribution in [1.82, 2.24) is 0 Å². The van der Waals surface area contributed by atoms with Gasteiger partial charge in [-0.05, 0) is 92.0 Å². The van der Waals surface area contributed by atoms with Crippen LogP contribution in [0.5, 0.6) is 0 Å². The van der Waals surface area contributed by atoms with E-state index in [1.807, 2.05) is 0 Å². The third-order valence-electron chi connectivity index (χ3n) is 10.6. The zero-order valence-corrected chi connectivity index (χ0v) is 27.5. The van der Waals surface area contributed by atoms with Gasteiger partial charge in [-0.25, -0.2) is 0 Å². The van der Waals surface area contributed by atoms with E-state index < -0.39 is 0 Å². The molecule has 2 nitrogen and oxygen atoms in total. The SMILES string of the molecule is C1=CC2c3ccccc3N(c3ccc(N(c4ccc5ccc6c7ccccc7ccc6c5c4)c4ccccc4-c4ccccc4)cc3)C2C=C1. The molecule has 0 saturated heterocycles. The largest absolute Gasteiger partial charge is 0.333 e. The van der Waals surface area contributed by atoms with Crippen molar-refractivity contribution in [2.75, 3.05) is 9.80 Å². The molecular weight excluding hydrogens is 605 g/mol. The van der Waals surface area contributed by atoms with Crippen molar-refractivity contribution in [2.45, 2.75) is 12.0 Å². The van der Waals surface area contributed by atoms with Crippen molar-refractivity contribution in [2.24, 2.45) is 0 Å². The van der Waals surface area contributed by atoms with Crippen molar-refractivity contribution in [3.05, 3.63) is 200 Å². The fraction of sp³-hybridized carbons (Fsp3) is 0.0417. The Hall–Kier alpha value is -6.38. The van der Waals surface area contributed by atoms with E-state index in [4.69, 9.17) is 0 Å². The van der Waals surface area contributed by atoms with E-state index in [1.165, 1.54) is 60.4 Å². The monoisotopic (exact) mass is 638 g/mol.